The van der Waals surface area contributed by atoms with Crippen LogP contribution in [-0.2, 0) is 23.8 Å². The maximum atomic E-state index is 11.8. The first-order valence-corrected chi connectivity index (χ1v) is 7.03. The van der Waals surface area contributed by atoms with Gasteiger partial charge >= 0.3 is 5.97 Å². The number of carbonyl (C=O) groups excluding carboxylic acids is 2. The average Bonchev–Trinajstić information content (AvgIpc) is 2.60. The minimum atomic E-state index is -0.748. The number of amides is 1. The molecule has 0 saturated carbocycles. The molecule has 122 valence electrons. The van der Waals surface area contributed by atoms with Gasteiger partial charge < -0.3 is 29.0 Å². The molecule has 0 saturated heterocycles. The average molecular weight is 321 g/mol. The molecule has 2 aliphatic rings. The zero-order valence-electron chi connectivity index (χ0n) is 12.2. The quantitative estimate of drug-likeness (QED) is 0.821. The molecule has 2 heterocycles. The number of rotatable bonds is 4. The van der Waals surface area contributed by atoms with Crippen molar-refractivity contribution >= 4 is 17.6 Å². The van der Waals surface area contributed by atoms with Crippen molar-refractivity contribution in [3.8, 4) is 11.5 Å². The first-order chi connectivity index (χ1) is 11.2. The first-order valence-electron chi connectivity index (χ1n) is 7.03. The van der Waals surface area contributed by atoms with Crippen LogP contribution in [0.2, 0.25) is 0 Å². The molecule has 1 aromatic carbocycles. The molecule has 0 unspecified atom stereocenters. The lowest BCUT2D eigenvalue weighted by Gasteiger charge is -2.19. The van der Waals surface area contributed by atoms with Crippen molar-refractivity contribution in [2.45, 2.75) is 0 Å². The third-order valence-corrected chi connectivity index (χ3v) is 3.01. The molecule has 3 rings (SSSR count). The first kappa shape index (κ1) is 15.0. The molecule has 1 aromatic rings. The minimum absolute atomic E-state index is 0.0524. The fraction of sp³-hybridized carbons (Fsp3) is 0.333. The van der Waals surface area contributed by atoms with E-state index in [9.17, 15) is 9.59 Å². The summed E-state index contributed by atoms with van der Waals surface area (Å²) < 4.78 is 25.7. The summed E-state index contributed by atoms with van der Waals surface area (Å²) in [7, 11) is 0. The highest BCUT2D eigenvalue weighted by molar-refractivity contribution is 5.94. The van der Waals surface area contributed by atoms with E-state index < -0.39 is 18.5 Å². The number of hydrogen-bond donors (Lipinski definition) is 1. The van der Waals surface area contributed by atoms with Gasteiger partial charge in [-0.05, 0) is 12.1 Å². The highest BCUT2D eigenvalue weighted by Crippen LogP contribution is 2.32. The van der Waals surface area contributed by atoms with Crippen molar-refractivity contribution in [2.24, 2.45) is 0 Å². The summed E-state index contributed by atoms with van der Waals surface area (Å²) in [5.74, 6) is -0.0937. The third-order valence-electron chi connectivity index (χ3n) is 3.01. The summed E-state index contributed by atoms with van der Waals surface area (Å²) in [5.41, 5.74) is 0.520. The van der Waals surface area contributed by atoms with Crippen molar-refractivity contribution in [1.29, 1.82) is 0 Å². The van der Waals surface area contributed by atoms with Crippen LogP contribution in [0.25, 0.3) is 0 Å². The van der Waals surface area contributed by atoms with E-state index in [2.05, 4.69) is 5.32 Å². The molecule has 2 aliphatic heterocycles. The monoisotopic (exact) mass is 321 g/mol. The lowest BCUT2D eigenvalue weighted by Crippen LogP contribution is -2.24. The Hall–Kier alpha value is -2.90. The Balaban J connectivity index is 1.51. The van der Waals surface area contributed by atoms with Gasteiger partial charge in [0.15, 0.2) is 18.1 Å². The van der Waals surface area contributed by atoms with Crippen molar-refractivity contribution < 1.29 is 33.3 Å². The number of fused-ring (bicyclic) bond motifs is 1. The van der Waals surface area contributed by atoms with Gasteiger partial charge in [0.05, 0.1) is 0 Å². The predicted molar refractivity (Wildman–Crippen MR) is 77.0 cm³/mol. The Labute approximate surface area is 131 Å². The lowest BCUT2D eigenvalue weighted by atomic mass is 10.2. The van der Waals surface area contributed by atoms with E-state index in [0.717, 1.165) is 0 Å². The van der Waals surface area contributed by atoms with E-state index in [4.69, 9.17) is 23.7 Å². The molecule has 23 heavy (non-hydrogen) atoms. The second kappa shape index (κ2) is 6.91. The Kier molecular flexibility index (Phi) is 4.51. The molecule has 0 bridgehead atoms. The number of benzene rings is 1. The van der Waals surface area contributed by atoms with Crippen molar-refractivity contribution in [3.63, 3.8) is 0 Å². The van der Waals surface area contributed by atoms with E-state index >= 15 is 0 Å². The van der Waals surface area contributed by atoms with Gasteiger partial charge in [0.1, 0.15) is 32.7 Å². The molecule has 0 fully saturated rings. The minimum Gasteiger partial charge on any atom is -0.493 e. The number of carbonyl (C=O) groups is 2. The molecule has 8 nitrogen and oxygen atoms in total. The Bertz CT molecular complexity index is 641. The SMILES string of the molecule is O=C(COC(=O)C1=COCCO1)Nc1ccc2c(c1)OCCO2. The van der Waals surface area contributed by atoms with Gasteiger partial charge in [0.2, 0.25) is 5.76 Å². The summed E-state index contributed by atoms with van der Waals surface area (Å²) in [4.78, 5) is 23.5. The topological polar surface area (TPSA) is 92.3 Å². The van der Waals surface area contributed by atoms with E-state index in [-0.39, 0.29) is 12.4 Å². The highest BCUT2D eigenvalue weighted by atomic mass is 16.6. The van der Waals surface area contributed by atoms with Crippen molar-refractivity contribution in [1.82, 2.24) is 0 Å². The maximum absolute atomic E-state index is 11.8. The van der Waals surface area contributed by atoms with Gasteiger partial charge in [-0.3, -0.25) is 4.79 Å². The summed E-state index contributed by atoms with van der Waals surface area (Å²) in [6.45, 7) is 1.16. The number of ether oxygens (including phenoxy) is 5. The van der Waals surface area contributed by atoms with Crippen LogP contribution in [0.5, 0.6) is 11.5 Å². The van der Waals surface area contributed by atoms with Crippen LogP contribution < -0.4 is 14.8 Å². The van der Waals surface area contributed by atoms with Gasteiger partial charge in [0.25, 0.3) is 5.91 Å². The van der Waals surface area contributed by atoms with Crippen LogP contribution in [-0.4, -0.2) is 44.9 Å². The number of esters is 1. The van der Waals surface area contributed by atoms with Crippen LogP contribution in [0, 0.1) is 0 Å². The second-order valence-electron chi connectivity index (χ2n) is 4.68. The zero-order chi connectivity index (χ0) is 16.1. The lowest BCUT2D eigenvalue weighted by molar-refractivity contribution is -0.148. The number of anilines is 1. The van der Waals surface area contributed by atoms with Crippen molar-refractivity contribution in [2.75, 3.05) is 38.4 Å². The van der Waals surface area contributed by atoms with Gasteiger partial charge in [0, 0.05) is 11.8 Å². The smallest absolute Gasteiger partial charge is 0.377 e. The summed E-state index contributed by atoms with van der Waals surface area (Å²) in [6.07, 6.45) is 1.17. The van der Waals surface area contributed by atoms with Gasteiger partial charge in [-0.15, -0.1) is 0 Å². The Morgan fingerprint density at radius 3 is 2.61 bits per heavy atom. The Morgan fingerprint density at radius 1 is 1.04 bits per heavy atom. The fourth-order valence-electron chi connectivity index (χ4n) is 2.00. The molecule has 1 N–H and O–H groups in total. The normalized spacial score (nSPS) is 15.6. The second-order valence-corrected chi connectivity index (χ2v) is 4.68. The number of hydrogen-bond acceptors (Lipinski definition) is 7. The highest BCUT2D eigenvalue weighted by Gasteiger charge is 2.18. The number of nitrogens with one attached hydrogen (secondary N) is 1. The van der Waals surface area contributed by atoms with Crippen LogP contribution in [0.3, 0.4) is 0 Å². The standard InChI is InChI=1S/C15H15NO7/c17-14(9-23-15(18)13-8-19-3-4-22-13)16-10-1-2-11-12(7-10)21-6-5-20-11/h1-2,7-8H,3-6,9H2,(H,16,17). The van der Waals surface area contributed by atoms with Crippen LogP contribution >= 0.6 is 0 Å². The summed E-state index contributed by atoms with van der Waals surface area (Å²) >= 11 is 0. The largest absolute Gasteiger partial charge is 0.493 e. The van der Waals surface area contributed by atoms with Crippen molar-refractivity contribution in [3.05, 3.63) is 30.2 Å². The maximum Gasteiger partial charge on any atom is 0.377 e. The molecule has 1 amide bonds. The molecule has 0 atom stereocenters. The molecule has 0 aromatic heterocycles. The molecule has 8 heteroatoms. The zero-order valence-corrected chi connectivity index (χ0v) is 12.2. The van der Waals surface area contributed by atoms with E-state index in [1.165, 1.54) is 6.26 Å². The summed E-state index contributed by atoms with van der Waals surface area (Å²) in [6, 6.07) is 5.02. The van der Waals surface area contributed by atoms with E-state index in [1.807, 2.05) is 0 Å². The molecule has 0 spiro atoms. The molecule has 0 radical (unpaired) electrons. The van der Waals surface area contributed by atoms with E-state index in [1.54, 1.807) is 18.2 Å². The molecule has 0 aliphatic carbocycles. The van der Waals surface area contributed by atoms with Crippen LogP contribution in [0.4, 0.5) is 5.69 Å². The van der Waals surface area contributed by atoms with Gasteiger partial charge in [-0.25, -0.2) is 4.79 Å². The van der Waals surface area contributed by atoms with Gasteiger partial charge in [-0.2, -0.15) is 0 Å². The summed E-state index contributed by atoms with van der Waals surface area (Å²) in [5, 5.41) is 2.61. The molecular formula is C15H15NO7. The van der Waals surface area contributed by atoms with E-state index in [0.29, 0.717) is 37.0 Å². The third kappa shape index (κ3) is 3.85. The fourth-order valence-corrected chi connectivity index (χ4v) is 2.00. The predicted octanol–water partition coefficient (Wildman–Crippen LogP) is 0.828. The molecular weight excluding hydrogens is 306 g/mol. The van der Waals surface area contributed by atoms with Crippen LogP contribution in [0.1, 0.15) is 0 Å². The Morgan fingerprint density at radius 2 is 1.83 bits per heavy atom. The van der Waals surface area contributed by atoms with Gasteiger partial charge in [-0.1, -0.05) is 0 Å². The van der Waals surface area contributed by atoms with Crippen LogP contribution in [0.15, 0.2) is 30.2 Å².